The van der Waals surface area contributed by atoms with Crippen molar-refractivity contribution in [3.05, 3.63) is 28.8 Å². The fraction of sp³-hybridized carbons (Fsp3) is 0.500. The molecule has 0 amide bonds. The van der Waals surface area contributed by atoms with Gasteiger partial charge in [-0.1, -0.05) is 0 Å². The zero-order valence-corrected chi connectivity index (χ0v) is 12.6. The third-order valence-corrected chi connectivity index (χ3v) is 5.12. The van der Waals surface area contributed by atoms with Crippen molar-refractivity contribution in [2.24, 2.45) is 0 Å². The van der Waals surface area contributed by atoms with Crippen LogP contribution in [0, 0.1) is 13.8 Å². The average Bonchev–Trinajstić information content (AvgIpc) is 2.32. The van der Waals surface area contributed by atoms with Gasteiger partial charge in [-0.25, -0.2) is 8.42 Å². The van der Waals surface area contributed by atoms with Crippen LogP contribution < -0.4 is 4.74 Å². The highest BCUT2D eigenvalue weighted by Gasteiger charge is 2.16. The van der Waals surface area contributed by atoms with Gasteiger partial charge in [0.1, 0.15) is 18.6 Å². The van der Waals surface area contributed by atoms with Crippen molar-refractivity contribution in [2.75, 3.05) is 12.4 Å². The van der Waals surface area contributed by atoms with E-state index in [2.05, 4.69) is 0 Å². The molecule has 1 rings (SSSR count). The summed E-state index contributed by atoms with van der Waals surface area (Å²) in [6.45, 7) is 7.12. The number of carbonyl (C=O) groups excluding carboxylic acids is 1. The molecule has 0 aliphatic carbocycles. The van der Waals surface area contributed by atoms with Gasteiger partial charge < -0.3 is 4.74 Å². The fourth-order valence-corrected chi connectivity index (χ4v) is 2.56. The standard InChI is InChI=1S/C14H20O4S/c1-10(2)19(16,17)6-5-18-14-11(3)7-13(9-15)8-12(14)4/h7-10H,5-6H2,1-4H3. The number of sulfone groups is 1. The van der Waals surface area contributed by atoms with E-state index in [1.54, 1.807) is 26.0 Å². The quantitative estimate of drug-likeness (QED) is 0.752. The molecule has 5 heteroatoms. The monoisotopic (exact) mass is 284 g/mol. The summed E-state index contributed by atoms with van der Waals surface area (Å²) in [6, 6.07) is 3.46. The zero-order valence-electron chi connectivity index (χ0n) is 11.8. The van der Waals surface area contributed by atoms with Gasteiger partial charge >= 0.3 is 0 Å². The van der Waals surface area contributed by atoms with E-state index in [1.165, 1.54) is 0 Å². The minimum absolute atomic E-state index is 0.00101. The van der Waals surface area contributed by atoms with Crippen molar-refractivity contribution in [3.63, 3.8) is 0 Å². The molecule has 0 N–H and O–H groups in total. The maximum atomic E-state index is 11.7. The molecule has 0 atom stereocenters. The number of aldehydes is 1. The second kappa shape index (κ2) is 6.19. The van der Waals surface area contributed by atoms with Crippen LogP contribution >= 0.6 is 0 Å². The molecular weight excluding hydrogens is 264 g/mol. The molecule has 0 spiro atoms. The molecule has 0 radical (unpaired) electrons. The summed E-state index contributed by atoms with van der Waals surface area (Å²) in [5.41, 5.74) is 2.27. The molecule has 19 heavy (non-hydrogen) atoms. The Morgan fingerprint density at radius 3 is 2.16 bits per heavy atom. The van der Waals surface area contributed by atoms with Gasteiger partial charge in [0, 0.05) is 5.56 Å². The average molecular weight is 284 g/mol. The van der Waals surface area contributed by atoms with Crippen molar-refractivity contribution < 1.29 is 17.9 Å². The van der Waals surface area contributed by atoms with Crippen LogP contribution in [0.4, 0.5) is 0 Å². The van der Waals surface area contributed by atoms with E-state index in [0.717, 1.165) is 17.4 Å². The molecule has 0 unspecified atom stereocenters. The number of carbonyl (C=O) groups is 1. The first kappa shape index (κ1) is 15.7. The molecule has 0 heterocycles. The third kappa shape index (κ3) is 4.06. The molecule has 0 saturated heterocycles. The van der Waals surface area contributed by atoms with Crippen LogP contribution in [-0.4, -0.2) is 32.3 Å². The first-order valence-electron chi connectivity index (χ1n) is 6.18. The van der Waals surface area contributed by atoms with Crippen LogP contribution in [0.2, 0.25) is 0 Å². The Labute approximate surface area is 114 Å². The predicted molar refractivity (Wildman–Crippen MR) is 75.7 cm³/mol. The van der Waals surface area contributed by atoms with Crippen LogP contribution in [0.25, 0.3) is 0 Å². The SMILES string of the molecule is Cc1cc(C=O)cc(C)c1OCCS(=O)(=O)C(C)C. The van der Waals surface area contributed by atoms with Gasteiger partial charge in [0.2, 0.25) is 0 Å². The van der Waals surface area contributed by atoms with Gasteiger partial charge in [0.25, 0.3) is 0 Å². The topological polar surface area (TPSA) is 60.4 Å². The van der Waals surface area contributed by atoms with Gasteiger partial charge in [0.15, 0.2) is 9.84 Å². The van der Waals surface area contributed by atoms with Crippen molar-refractivity contribution in [1.29, 1.82) is 0 Å². The van der Waals surface area contributed by atoms with E-state index < -0.39 is 15.1 Å². The Kier molecular flexibility index (Phi) is 5.11. The second-order valence-corrected chi connectivity index (χ2v) is 7.54. The molecule has 0 saturated carbocycles. The molecule has 0 bridgehead atoms. The maximum Gasteiger partial charge on any atom is 0.155 e. The molecule has 0 fully saturated rings. The third-order valence-electron chi connectivity index (χ3n) is 2.95. The van der Waals surface area contributed by atoms with Gasteiger partial charge in [-0.05, 0) is 51.0 Å². The lowest BCUT2D eigenvalue weighted by molar-refractivity contribution is 0.112. The summed E-state index contributed by atoms with van der Waals surface area (Å²) in [5, 5.41) is -0.393. The van der Waals surface area contributed by atoms with Crippen LogP contribution in [0.15, 0.2) is 12.1 Å². The second-order valence-electron chi connectivity index (χ2n) is 4.87. The predicted octanol–water partition coefficient (Wildman–Crippen LogP) is 2.32. The highest BCUT2D eigenvalue weighted by molar-refractivity contribution is 7.91. The largest absolute Gasteiger partial charge is 0.492 e. The van der Waals surface area contributed by atoms with Crippen LogP contribution in [0.5, 0.6) is 5.75 Å². The Hall–Kier alpha value is -1.36. The van der Waals surface area contributed by atoms with E-state index in [1.807, 2.05) is 13.8 Å². The molecule has 4 nitrogen and oxygen atoms in total. The summed E-state index contributed by atoms with van der Waals surface area (Å²) in [7, 11) is -3.09. The molecule has 0 aliphatic rings. The normalized spacial score (nSPS) is 11.6. The van der Waals surface area contributed by atoms with Gasteiger partial charge in [-0.2, -0.15) is 0 Å². The summed E-state index contributed by atoms with van der Waals surface area (Å²) in [4.78, 5) is 10.7. The number of aryl methyl sites for hydroxylation is 2. The van der Waals surface area contributed by atoms with E-state index in [-0.39, 0.29) is 12.4 Å². The van der Waals surface area contributed by atoms with Gasteiger partial charge in [-0.15, -0.1) is 0 Å². The Balaban J connectivity index is 2.77. The van der Waals surface area contributed by atoms with E-state index in [0.29, 0.717) is 11.3 Å². The summed E-state index contributed by atoms with van der Waals surface area (Å²) < 4.78 is 28.9. The number of ether oxygens (including phenoxy) is 1. The minimum Gasteiger partial charge on any atom is -0.492 e. The lowest BCUT2D eigenvalue weighted by Gasteiger charge is -2.13. The number of rotatable bonds is 6. The van der Waals surface area contributed by atoms with Crippen LogP contribution in [0.3, 0.4) is 0 Å². The van der Waals surface area contributed by atoms with E-state index >= 15 is 0 Å². The summed E-state index contributed by atoms with van der Waals surface area (Å²) in [6.07, 6.45) is 0.785. The Bertz CT molecular complexity index is 536. The van der Waals surface area contributed by atoms with Crippen molar-refractivity contribution in [1.82, 2.24) is 0 Å². The van der Waals surface area contributed by atoms with Crippen molar-refractivity contribution in [2.45, 2.75) is 32.9 Å². The zero-order chi connectivity index (χ0) is 14.6. The lowest BCUT2D eigenvalue weighted by atomic mass is 10.1. The summed E-state index contributed by atoms with van der Waals surface area (Å²) >= 11 is 0. The first-order chi connectivity index (χ1) is 8.77. The molecule has 0 aliphatic heterocycles. The number of hydrogen-bond donors (Lipinski definition) is 0. The molecule has 106 valence electrons. The number of benzene rings is 1. The van der Waals surface area contributed by atoms with Gasteiger partial charge in [0.05, 0.1) is 11.0 Å². The fourth-order valence-electron chi connectivity index (χ4n) is 1.78. The molecular formula is C14H20O4S. The number of hydrogen-bond acceptors (Lipinski definition) is 4. The lowest BCUT2D eigenvalue weighted by Crippen LogP contribution is -2.22. The van der Waals surface area contributed by atoms with Crippen LogP contribution in [-0.2, 0) is 9.84 Å². The van der Waals surface area contributed by atoms with E-state index in [9.17, 15) is 13.2 Å². The van der Waals surface area contributed by atoms with Crippen molar-refractivity contribution >= 4 is 16.1 Å². The highest BCUT2D eigenvalue weighted by atomic mass is 32.2. The van der Waals surface area contributed by atoms with Crippen molar-refractivity contribution in [3.8, 4) is 5.75 Å². The molecule has 1 aromatic rings. The Morgan fingerprint density at radius 1 is 1.21 bits per heavy atom. The van der Waals surface area contributed by atoms with Crippen LogP contribution in [0.1, 0.15) is 35.3 Å². The molecule has 1 aromatic carbocycles. The van der Waals surface area contributed by atoms with E-state index in [4.69, 9.17) is 4.74 Å². The van der Waals surface area contributed by atoms with Gasteiger partial charge in [-0.3, -0.25) is 4.79 Å². The highest BCUT2D eigenvalue weighted by Crippen LogP contribution is 2.24. The minimum atomic E-state index is -3.09. The molecule has 0 aromatic heterocycles. The maximum absolute atomic E-state index is 11.7. The summed E-state index contributed by atoms with van der Waals surface area (Å²) in [5.74, 6) is 0.656. The first-order valence-corrected chi connectivity index (χ1v) is 7.90. The Morgan fingerprint density at radius 2 is 1.74 bits per heavy atom. The smallest absolute Gasteiger partial charge is 0.155 e.